The molecule has 1 aliphatic rings. The first kappa shape index (κ1) is 22.5. The quantitative estimate of drug-likeness (QED) is 0.337. The largest absolute Gasteiger partial charge is 0.339 e. The van der Waals surface area contributed by atoms with E-state index in [9.17, 15) is 0 Å². The molecule has 1 aliphatic heterocycles. The lowest BCUT2D eigenvalue weighted by Crippen LogP contribution is -2.33. The first-order valence-electron chi connectivity index (χ1n) is 11.3. The summed E-state index contributed by atoms with van der Waals surface area (Å²) in [5, 5.41) is 5.24. The first-order valence-corrected chi connectivity index (χ1v) is 14.1. The molecule has 166 valence electrons. The van der Waals surface area contributed by atoms with Crippen LogP contribution in [0.2, 0.25) is 0 Å². The second kappa shape index (κ2) is 9.88. The molecule has 2 nitrogen and oxygen atoms in total. The van der Waals surface area contributed by atoms with E-state index in [4.69, 9.17) is 9.47 Å². The number of ether oxygens (including phenoxy) is 2. The van der Waals surface area contributed by atoms with E-state index in [-0.39, 0.29) is 11.7 Å². The smallest absolute Gasteiger partial charge is 0.164 e. The van der Waals surface area contributed by atoms with Crippen LogP contribution >= 0.6 is 15.8 Å². The Bertz CT molecular complexity index is 979. The minimum absolute atomic E-state index is 0.0636. The van der Waals surface area contributed by atoms with Gasteiger partial charge in [0.15, 0.2) is 5.79 Å². The molecular formula is C29H28O2P2. The minimum atomic E-state index is -0.794. The van der Waals surface area contributed by atoms with Crippen molar-refractivity contribution in [3.8, 4) is 0 Å². The fourth-order valence-corrected chi connectivity index (χ4v) is 10.2. The summed E-state index contributed by atoms with van der Waals surface area (Å²) in [4.78, 5) is 0. The molecule has 0 aliphatic carbocycles. The standard InChI is InChI=1S/C29H28O2P2/c1-29(2)30-27(32(23-15-7-3-8-16-23)24-17-9-4-10-18-24)28(31-29)33(25-19-11-5-12-20-25)26-21-13-6-14-22-26/h3-22,27-28H,1-2H3/t27-,28?/m1/s1. The first-order chi connectivity index (χ1) is 16.1. The molecule has 0 radical (unpaired) electrons. The Labute approximate surface area is 199 Å². The summed E-state index contributed by atoms with van der Waals surface area (Å²) in [5.74, 6) is -0.776. The van der Waals surface area contributed by atoms with E-state index in [0.29, 0.717) is 0 Å². The third kappa shape index (κ3) is 4.96. The summed E-state index contributed by atoms with van der Waals surface area (Å²) in [7, 11) is -1.59. The highest BCUT2D eigenvalue weighted by Crippen LogP contribution is 2.57. The van der Waals surface area contributed by atoms with Crippen molar-refractivity contribution < 1.29 is 9.47 Å². The van der Waals surface area contributed by atoms with Crippen LogP contribution in [0.25, 0.3) is 0 Å². The third-order valence-corrected chi connectivity index (χ3v) is 11.1. The molecule has 2 atom stereocenters. The van der Waals surface area contributed by atoms with Crippen molar-refractivity contribution in [3.05, 3.63) is 121 Å². The summed E-state index contributed by atoms with van der Waals surface area (Å²) in [6.45, 7) is 4.10. The van der Waals surface area contributed by atoms with Crippen LogP contribution < -0.4 is 21.2 Å². The van der Waals surface area contributed by atoms with E-state index in [1.165, 1.54) is 21.2 Å². The molecule has 4 heteroatoms. The van der Waals surface area contributed by atoms with Gasteiger partial charge < -0.3 is 9.47 Å². The normalized spacial score (nSPS) is 19.8. The van der Waals surface area contributed by atoms with Crippen LogP contribution in [0.1, 0.15) is 13.8 Å². The van der Waals surface area contributed by atoms with Crippen LogP contribution in [-0.2, 0) is 9.47 Å². The molecule has 1 heterocycles. The summed E-state index contributed by atoms with van der Waals surface area (Å²) in [6.07, 6.45) is 0. The molecule has 4 aromatic carbocycles. The second-order valence-corrected chi connectivity index (χ2v) is 13.1. The topological polar surface area (TPSA) is 18.5 Å². The number of rotatable bonds is 6. The minimum Gasteiger partial charge on any atom is -0.339 e. The lowest BCUT2D eigenvalue weighted by atomic mass is 10.4. The highest BCUT2D eigenvalue weighted by atomic mass is 31.1. The molecule has 0 bridgehead atoms. The summed E-state index contributed by atoms with van der Waals surface area (Å²) in [5.41, 5.74) is 0. The monoisotopic (exact) mass is 470 g/mol. The van der Waals surface area contributed by atoms with Gasteiger partial charge in [0.2, 0.25) is 0 Å². The van der Waals surface area contributed by atoms with Crippen molar-refractivity contribution in [1.82, 2.24) is 0 Å². The lowest BCUT2D eigenvalue weighted by molar-refractivity contribution is -0.133. The van der Waals surface area contributed by atoms with E-state index >= 15 is 0 Å². The number of hydrogen-bond donors (Lipinski definition) is 0. The molecule has 1 saturated heterocycles. The predicted octanol–water partition coefficient (Wildman–Crippen LogP) is 5.69. The Kier molecular flexibility index (Phi) is 6.72. The average Bonchev–Trinajstić information content (AvgIpc) is 3.16. The SMILES string of the molecule is CC1(C)OC(P(c2ccccc2)c2ccccc2)[C@@H](P(c2ccccc2)c2ccccc2)O1. The number of hydrogen-bond acceptors (Lipinski definition) is 2. The number of benzene rings is 4. The van der Waals surface area contributed by atoms with Crippen LogP contribution in [0.3, 0.4) is 0 Å². The fraction of sp³-hybridized carbons (Fsp3) is 0.172. The molecule has 0 spiro atoms. The van der Waals surface area contributed by atoms with Crippen LogP contribution in [0.5, 0.6) is 0 Å². The zero-order valence-corrected chi connectivity index (χ0v) is 20.7. The summed E-state index contributed by atoms with van der Waals surface area (Å²) in [6, 6.07) is 43.2. The van der Waals surface area contributed by atoms with Gasteiger partial charge in [-0.15, -0.1) is 0 Å². The molecule has 1 fully saturated rings. The average molecular weight is 470 g/mol. The molecule has 33 heavy (non-hydrogen) atoms. The maximum Gasteiger partial charge on any atom is 0.164 e. The highest BCUT2D eigenvalue weighted by molar-refractivity contribution is 7.77. The van der Waals surface area contributed by atoms with Crippen LogP contribution in [-0.4, -0.2) is 17.5 Å². The molecule has 4 aromatic rings. The zero-order valence-electron chi connectivity index (χ0n) is 18.9. The van der Waals surface area contributed by atoms with E-state index in [1.807, 2.05) is 13.8 Å². The van der Waals surface area contributed by atoms with Crippen LogP contribution in [0, 0.1) is 0 Å². The Morgan fingerprint density at radius 2 is 0.697 bits per heavy atom. The van der Waals surface area contributed by atoms with Gasteiger partial charge >= 0.3 is 0 Å². The van der Waals surface area contributed by atoms with E-state index in [0.717, 1.165) is 0 Å². The molecule has 1 unspecified atom stereocenters. The Balaban J connectivity index is 1.66. The third-order valence-electron chi connectivity index (χ3n) is 5.70. The van der Waals surface area contributed by atoms with Gasteiger partial charge in [0, 0.05) is 0 Å². The maximum atomic E-state index is 6.78. The Morgan fingerprint density at radius 3 is 0.939 bits per heavy atom. The van der Waals surface area contributed by atoms with E-state index in [1.54, 1.807) is 0 Å². The van der Waals surface area contributed by atoms with Crippen molar-refractivity contribution in [2.45, 2.75) is 31.3 Å². The summed E-state index contributed by atoms with van der Waals surface area (Å²) < 4.78 is 13.6. The van der Waals surface area contributed by atoms with E-state index < -0.39 is 21.6 Å². The molecule has 0 saturated carbocycles. The van der Waals surface area contributed by atoms with Crippen molar-refractivity contribution >= 4 is 37.1 Å². The lowest BCUT2D eigenvalue weighted by Gasteiger charge is -2.32. The van der Waals surface area contributed by atoms with Crippen LogP contribution in [0.15, 0.2) is 121 Å². The second-order valence-electron chi connectivity index (χ2n) is 8.50. The highest BCUT2D eigenvalue weighted by Gasteiger charge is 2.49. The van der Waals surface area contributed by atoms with Crippen molar-refractivity contribution in [1.29, 1.82) is 0 Å². The van der Waals surface area contributed by atoms with Crippen LogP contribution in [0.4, 0.5) is 0 Å². The Hall–Kier alpha value is -2.34. The maximum absolute atomic E-state index is 6.78. The molecule has 0 N–H and O–H groups in total. The molecule has 5 rings (SSSR count). The van der Waals surface area contributed by atoms with Gasteiger partial charge in [-0.3, -0.25) is 0 Å². The van der Waals surface area contributed by atoms with Crippen molar-refractivity contribution in [2.24, 2.45) is 0 Å². The van der Waals surface area contributed by atoms with Gasteiger partial charge in [0.25, 0.3) is 0 Å². The van der Waals surface area contributed by atoms with Crippen molar-refractivity contribution in [2.75, 3.05) is 0 Å². The predicted molar refractivity (Wildman–Crippen MR) is 142 cm³/mol. The Morgan fingerprint density at radius 1 is 0.455 bits per heavy atom. The van der Waals surface area contributed by atoms with Gasteiger partial charge in [-0.1, -0.05) is 121 Å². The fourth-order valence-electron chi connectivity index (χ4n) is 4.33. The van der Waals surface area contributed by atoms with Crippen molar-refractivity contribution in [3.63, 3.8) is 0 Å². The molecule has 0 amide bonds. The van der Waals surface area contributed by atoms with Gasteiger partial charge in [-0.05, 0) is 50.9 Å². The zero-order chi connectivity index (χ0) is 22.7. The van der Waals surface area contributed by atoms with Gasteiger partial charge in [-0.2, -0.15) is 0 Å². The van der Waals surface area contributed by atoms with Gasteiger partial charge in [0.05, 0.1) is 0 Å². The summed E-state index contributed by atoms with van der Waals surface area (Å²) >= 11 is 0. The van der Waals surface area contributed by atoms with E-state index in [2.05, 4.69) is 121 Å². The molecule has 0 aromatic heterocycles. The van der Waals surface area contributed by atoms with Gasteiger partial charge in [0.1, 0.15) is 11.7 Å². The van der Waals surface area contributed by atoms with Gasteiger partial charge in [-0.25, -0.2) is 0 Å². The molecular weight excluding hydrogens is 442 g/mol.